The van der Waals surface area contributed by atoms with Gasteiger partial charge in [0.2, 0.25) is 0 Å². The van der Waals surface area contributed by atoms with Gasteiger partial charge in [-0.25, -0.2) is 4.79 Å². The third kappa shape index (κ3) is 39.4. The van der Waals surface area contributed by atoms with E-state index in [4.69, 9.17) is 14.3 Å². The predicted octanol–water partition coefficient (Wildman–Crippen LogP) is 13.5. The summed E-state index contributed by atoms with van der Waals surface area (Å²) in [6.07, 6.45) is 46.3. The molecule has 6 heteroatoms. The molecule has 2 N–H and O–H groups in total. The molecule has 0 bridgehead atoms. The fraction of sp³-hybridized carbons (Fsp3) is 0.886. The van der Waals surface area contributed by atoms with E-state index in [1.165, 1.54) is 167 Å². The molecule has 0 fully saturated rings. The molecule has 0 saturated carbocycles. The summed E-state index contributed by atoms with van der Waals surface area (Å²) in [6.45, 7) is 10.9. The smallest absolute Gasteiger partial charge is 0.379 e. The van der Waals surface area contributed by atoms with Crippen molar-refractivity contribution in [2.75, 3.05) is 26.4 Å². The lowest BCUT2D eigenvalue weighted by Gasteiger charge is -2.19. The van der Waals surface area contributed by atoms with Crippen molar-refractivity contribution in [2.45, 2.75) is 226 Å². The van der Waals surface area contributed by atoms with Crippen molar-refractivity contribution in [3.05, 3.63) is 24.3 Å². The van der Waals surface area contributed by atoms with Crippen LogP contribution in [0.5, 0.6) is 0 Å². The van der Waals surface area contributed by atoms with Crippen molar-refractivity contribution in [3.63, 3.8) is 0 Å². The van der Waals surface area contributed by atoms with Crippen LogP contribution in [-0.4, -0.2) is 44.6 Å². The first-order valence-electron chi connectivity index (χ1n) is 21.8. The Balaban J connectivity index is 3.90. The van der Waals surface area contributed by atoms with E-state index in [1.807, 2.05) is 6.92 Å². The molecule has 0 aliphatic heterocycles. The average Bonchev–Trinajstić information content (AvgIpc) is 3.12. The Morgan fingerprint density at radius 2 is 0.840 bits per heavy atom. The maximum atomic E-state index is 12.3. The van der Waals surface area contributed by atoms with Gasteiger partial charge in [-0.05, 0) is 77.6 Å². The Morgan fingerprint density at radius 1 is 0.500 bits per heavy atom. The summed E-state index contributed by atoms with van der Waals surface area (Å²) < 4.78 is 11.9. The number of nitrogens with one attached hydrogen (secondary N) is 2. The zero-order chi connectivity index (χ0) is 36.4. The maximum absolute atomic E-state index is 12.3. The Morgan fingerprint density at radius 3 is 1.20 bits per heavy atom. The van der Waals surface area contributed by atoms with Gasteiger partial charge < -0.3 is 19.6 Å². The quantitative estimate of drug-likeness (QED) is 0.0377. The number of ether oxygens (including phenoxy) is 2. The maximum Gasteiger partial charge on any atom is 0.426 e. The highest BCUT2D eigenvalue weighted by Crippen LogP contribution is 2.12. The number of allylic oxidation sites excluding steroid dienone is 4. The summed E-state index contributed by atoms with van der Waals surface area (Å²) in [7, 11) is 0. The molecule has 6 nitrogen and oxygen atoms in total. The fourth-order valence-electron chi connectivity index (χ4n) is 5.92. The van der Waals surface area contributed by atoms with E-state index in [2.05, 4.69) is 55.9 Å². The molecule has 0 spiro atoms. The molecule has 0 aromatic rings. The van der Waals surface area contributed by atoms with Crippen molar-refractivity contribution >= 4 is 6.09 Å². The highest BCUT2D eigenvalue weighted by atomic mass is 16.7. The summed E-state index contributed by atoms with van der Waals surface area (Å²) in [6, 6.07) is -0.103. The molecule has 50 heavy (non-hydrogen) atoms. The molecule has 0 aliphatic rings. The molecule has 1 unspecified atom stereocenters. The van der Waals surface area contributed by atoms with Crippen molar-refractivity contribution in [1.82, 2.24) is 10.8 Å². The number of unbranched alkanes of at least 4 members (excludes halogenated alkanes) is 24. The molecule has 0 aromatic heterocycles. The molecule has 0 aromatic carbocycles. The third-order valence-corrected chi connectivity index (χ3v) is 9.53. The number of hydroxylamine groups is 1. The van der Waals surface area contributed by atoms with Gasteiger partial charge in [0.05, 0.1) is 19.3 Å². The van der Waals surface area contributed by atoms with Gasteiger partial charge in [0.15, 0.2) is 0 Å². The second-order valence-electron chi connectivity index (χ2n) is 14.7. The Hall–Kier alpha value is -1.37. The Kier molecular flexibility index (Phi) is 40.9. The summed E-state index contributed by atoms with van der Waals surface area (Å²) in [5.41, 5.74) is 2.79. The van der Waals surface area contributed by atoms with Gasteiger partial charge in [0.1, 0.15) is 0 Å². The predicted molar refractivity (Wildman–Crippen MR) is 217 cm³/mol. The molecule has 0 aliphatic carbocycles. The van der Waals surface area contributed by atoms with Crippen LogP contribution >= 0.6 is 0 Å². The number of hydrogen-bond acceptors (Lipinski definition) is 5. The zero-order valence-corrected chi connectivity index (χ0v) is 33.9. The minimum atomic E-state index is -0.475. The molecular formula is C44H86N2O4. The highest BCUT2D eigenvalue weighted by Gasteiger charge is 2.15. The lowest BCUT2D eigenvalue weighted by molar-refractivity contribution is 0.0357. The Labute approximate surface area is 312 Å². The Bertz CT molecular complexity index is 683. The number of carbonyl (C=O) groups is 1. The lowest BCUT2D eigenvalue weighted by Crippen LogP contribution is -2.44. The van der Waals surface area contributed by atoms with E-state index in [-0.39, 0.29) is 12.1 Å². The second-order valence-corrected chi connectivity index (χ2v) is 14.7. The fourth-order valence-corrected chi connectivity index (χ4v) is 5.92. The van der Waals surface area contributed by atoms with Crippen molar-refractivity contribution < 1.29 is 19.1 Å². The molecule has 1 amide bonds. The van der Waals surface area contributed by atoms with Crippen LogP contribution in [0.25, 0.3) is 0 Å². The number of hydrogen-bond donors (Lipinski definition) is 2. The summed E-state index contributed by atoms with van der Waals surface area (Å²) in [4.78, 5) is 17.5. The lowest BCUT2D eigenvalue weighted by atomic mass is 10.1. The minimum absolute atomic E-state index is 0.115. The van der Waals surface area contributed by atoms with Crippen LogP contribution in [-0.2, 0) is 14.3 Å². The largest absolute Gasteiger partial charge is 0.426 e. The number of carbonyl (C=O) groups excluding carboxylic acids is 1. The molecule has 0 saturated heterocycles. The number of rotatable bonds is 40. The van der Waals surface area contributed by atoms with Crippen LogP contribution in [0.2, 0.25) is 0 Å². The second kappa shape index (κ2) is 42.0. The summed E-state index contributed by atoms with van der Waals surface area (Å²) in [5.74, 6) is 0. The van der Waals surface area contributed by atoms with Gasteiger partial charge in [0.25, 0.3) is 0 Å². The van der Waals surface area contributed by atoms with E-state index in [0.717, 1.165) is 19.3 Å². The minimum Gasteiger partial charge on any atom is -0.379 e. The van der Waals surface area contributed by atoms with Crippen LogP contribution in [0.3, 0.4) is 0 Å². The molecule has 0 heterocycles. The van der Waals surface area contributed by atoms with E-state index < -0.39 is 6.09 Å². The first-order chi connectivity index (χ1) is 24.6. The van der Waals surface area contributed by atoms with E-state index in [0.29, 0.717) is 26.4 Å². The SMILES string of the molecule is CCCCCCCC/C=C\CCCCCCCCOCC(COCCCCCCCC/C=C\CCCCCCCC)NC(=O)ONC(C)CC. The molecule has 1 atom stereocenters. The van der Waals surface area contributed by atoms with Gasteiger partial charge in [-0.3, -0.25) is 0 Å². The van der Waals surface area contributed by atoms with Gasteiger partial charge in [-0.2, -0.15) is 0 Å². The van der Waals surface area contributed by atoms with Crippen molar-refractivity contribution in [1.29, 1.82) is 0 Å². The van der Waals surface area contributed by atoms with E-state index >= 15 is 0 Å². The highest BCUT2D eigenvalue weighted by molar-refractivity contribution is 5.67. The average molecular weight is 707 g/mol. The van der Waals surface area contributed by atoms with Crippen LogP contribution in [0.4, 0.5) is 4.79 Å². The summed E-state index contributed by atoms with van der Waals surface area (Å²) in [5, 5.41) is 2.93. The summed E-state index contributed by atoms with van der Waals surface area (Å²) >= 11 is 0. The van der Waals surface area contributed by atoms with E-state index in [1.54, 1.807) is 0 Å². The third-order valence-electron chi connectivity index (χ3n) is 9.53. The van der Waals surface area contributed by atoms with Crippen LogP contribution in [0, 0.1) is 0 Å². The molecule has 0 radical (unpaired) electrons. The van der Waals surface area contributed by atoms with Gasteiger partial charge in [0, 0.05) is 19.3 Å². The van der Waals surface area contributed by atoms with Gasteiger partial charge >= 0.3 is 6.09 Å². The first kappa shape index (κ1) is 48.6. The molecule has 296 valence electrons. The first-order valence-corrected chi connectivity index (χ1v) is 21.8. The monoisotopic (exact) mass is 707 g/mol. The molecular weight excluding hydrogens is 620 g/mol. The zero-order valence-electron chi connectivity index (χ0n) is 33.9. The normalized spacial score (nSPS) is 12.5. The van der Waals surface area contributed by atoms with Crippen LogP contribution in [0.1, 0.15) is 214 Å². The van der Waals surface area contributed by atoms with Crippen molar-refractivity contribution in [3.8, 4) is 0 Å². The topological polar surface area (TPSA) is 68.8 Å². The molecule has 0 rings (SSSR count). The van der Waals surface area contributed by atoms with Crippen molar-refractivity contribution in [2.24, 2.45) is 0 Å². The van der Waals surface area contributed by atoms with Gasteiger partial charge in [-0.15, -0.1) is 5.48 Å². The van der Waals surface area contributed by atoms with Gasteiger partial charge in [-0.1, -0.05) is 161 Å². The number of amides is 1. The van der Waals surface area contributed by atoms with Crippen LogP contribution in [0.15, 0.2) is 24.3 Å². The van der Waals surface area contributed by atoms with E-state index in [9.17, 15) is 4.79 Å². The standard InChI is InChI=1S/C44H86N2O4/c1-5-8-10-12-14-16-18-20-22-24-26-28-30-32-34-36-38-48-40-43(45-44(47)50-46-42(4)7-3)41-49-39-37-35-33-31-29-27-25-23-21-19-17-15-13-11-9-6-2/h20-23,42-43,46H,5-19,24-41H2,1-4H3,(H,45,47)/b22-20-,23-21-. The van der Waals surface area contributed by atoms with Crippen LogP contribution < -0.4 is 10.8 Å².